The summed E-state index contributed by atoms with van der Waals surface area (Å²) in [5.41, 5.74) is 0. The van der Waals surface area contributed by atoms with Crippen molar-refractivity contribution in [1.29, 1.82) is 0 Å². The highest BCUT2D eigenvalue weighted by Crippen LogP contribution is 2.03. The number of rotatable bonds is 7. The van der Waals surface area contributed by atoms with Gasteiger partial charge >= 0.3 is 0 Å². The molecular formula is C10H19NS. The number of hydrogen-bond acceptors (Lipinski definition) is 2. The van der Waals surface area contributed by atoms with E-state index in [1.54, 1.807) is 11.8 Å². The smallest absolute Gasteiger partial charge is 0.0484 e. The Kier molecular flexibility index (Phi) is 10.6. The first-order chi connectivity index (χ1) is 5.91. The van der Waals surface area contributed by atoms with Crippen LogP contribution in [0, 0.1) is 0 Å². The second-order valence-corrected chi connectivity index (χ2v) is 3.68. The van der Waals surface area contributed by atoms with Gasteiger partial charge in [0.25, 0.3) is 0 Å². The fourth-order valence-electron chi connectivity index (χ4n) is 0.663. The van der Waals surface area contributed by atoms with Gasteiger partial charge in [-0.1, -0.05) is 26.7 Å². The zero-order chi connectivity index (χ0) is 9.07. The van der Waals surface area contributed by atoms with Crippen molar-refractivity contribution >= 4 is 17.6 Å². The van der Waals surface area contributed by atoms with Gasteiger partial charge in [-0.2, -0.15) is 0 Å². The second kappa shape index (κ2) is 10.8. The maximum absolute atomic E-state index is 4.13. The van der Waals surface area contributed by atoms with E-state index in [1.807, 2.05) is 5.41 Å². The van der Waals surface area contributed by atoms with Gasteiger partial charge in [-0.3, -0.25) is 0 Å². The van der Waals surface area contributed by atoms with Gasteiger partial charge in [0.05, 0.1) is 0 Å². The van der Waals surface area contributed by atoms with E-state index >= 15 is 0 Å². The van der Waals surface area contributed by atoms with E-state index in [1.165, 1.54) is 31.4 Å². The second-order valence-electron chi connectivity index (χ2n) is 2.71. The molecule has 0 unspecified atom stereocenters. The number of unbranched alkanes of at least 4 members (excludes halogenated alkanes) is 2. The van der Waals surface area contributed by atoms with Crippen molar-refractivity contribution in [2.45, 2.75) is 39.5 Å². The Balaban J connectivity index is 3.16. The van der Waals surface area contributed by atoms with Gasteiger partial charge in [0.2, 0.25) is 0 Å². The van der Waals surface area contributed by atoms with E-state index in [2.05, 4.69) is 24.7 Å². The zero-order valence-electron chi connectivity index (χ0n) is 8.18. The predicted molar refractivity (Wildman–Crippen MR) is 59.1 cm³/mol. The fourth-order valence-corrected chi connectivity index (χ4v) is 1.39. The first-order valence-corrected chi connectivity index (χ1v) is 5.82. The van der Waals surface area contributed by atoms with Crippen LogP contribution in [0.3, 0.4) is 0 Å². The molecule has 2 heteroatoms. The monoisotopic (exact) mass is 185 g/mol. The van der Waals surface area contributed by atoms with Crippen molar-refractivity contribution in [1.82, 2.24) is 0 Å². The van der Waals surface area contributed by atoms with Gasteiger partial charge in [0, 0.05) is 12.0 Å². The van der Waals surface area contributed by atoms with Crippen LogP contribution in [0.1, 0.15) is 39.5 Å². The summed E-state index contributed by atoms with van der Waals surface area (Å²) in [7, 11) is 0. The molecule has 0 heterocycles. The molecule has 0 rings (SSSR count). The molecule has 0 aromatic carbocycles. The van der Waals surface area contributed by atoms with Crippen LogP contribution in [0.5, 0.6) is 0 Å². The Bertz CT molecular complexity index is 137. The van der Waals surface area contributed by atoms with Gasteiger partial charge in [0.1, 0.15) is 0 Å². The molecule has 0 aliphatic heterocycles. The van der Waals surface area contributed by atoms with Gasteiger partial charge in [0.15, 0.2) is 0 Å². The first kappa shape index (κ1) is 11.8. The summed E-state index contributed by atoms with van der Waals surface area (Å²) in [6.07, 6.45) is 4.96. The van der Waals surface area contributed by atoms with Gasteiger partial charge in [-0.25, -0.2) is 4.99 Å². The molecule has 0 atom stereocenters. The molecule has 0 aliphatic rings. The summed E-state index contributed by atoms with van der Waals surface area (Å²) in [5, 5.41) is 1.98. The third kappa shape index (κ3) is 9.80. The lowest BCUT2D eigenvalue weighted by Crippen LogP contribution is -1.76. The number of nitrogens with zero attached hydrogens (tertiary/aromatic N) is 1. The number of hydrogen-bond donors (Lipinski definition) is 0. The van der Waals surface area contributed by atoms with Crippen molar-refractivity contribution in [2.24, 2.45) is 4.99 Å². The number of aliphatic imine (C=N–C) groups is 1. The van der Waals surface area contributed by atoms with E-state index in [4.69, 9.17) is 0 Å². The van der Waals surface area contributed by atoms with Gasteiger partial charge in [-0.15, -0.1) is 11.8 Å². The van der Waals surface area contributed by atoms with Crippen molar-refractivity contribution < 1.29 is 0 Å². The molecule has 0 N–H and O–H groups in total. The normalized spacial score (nSPS) is 9.17. The van der Waals surface area contributed by atoms with Crippen LogP contribution in [0.15, 0.2) is 10.4 Å². The molecule has 0 aromatic rings. The van der Waals surface area contributed by atoms with Gasteiger partial charge in [-0.05, 0) is 24.5 Å². The molecule has 0 aliphatic carbocycles. The van der Waals surface area contributed by atoms with Crippen molar-refractivity contribution in [3.63, 3.8) is 0 Å². The highest BCUT2D eigenvalue weighted by Gasteiger charge is 1.80. The molecule has 0 amide bonds. The lowest BCUT2D eigenvalue weighted by molar-refractivity contribution is 0.811. The molecule has 0 saturated heterocycles. The average Bonchev–Trinajstić information content (AvgIpc) is 2.10. The molecule has 0 aromatic heterocycles. The van der Waals surface area contributed by atoms with E-state index < -0.39 is 0 Å². The molecule has 12 heavy (non-hydrogen) atoms. The quantitative estimate of drug-likeness (QED) is 0.437. The lowest BCUT2D eigenvalue weighted by Gasteiger charge is -1.88. The molecule has 0 bridgehead atoms. The van der Waals surface area contributed by atoms with Crippen LogP contribution in [-0.2, 0) is 0 Å². The molecule has 1 nitrogen and oxygen atoms in total. The van der Waals surface area contributed by atoms with E-state index in [0.29, 0.717) is 0 Å². The summed E-state index contributed by atoms with van der Waals surface area (Å²) in [5.74, 6) is 4.14. The maximum atomic E-state index is 4.13. The summed E-state index contributed by atoms with van der Waals surface area (Å²) >= 11 is 1.81. The van der Waals surface area contributed by atoms with E-state index in [0.717, 1.165) is 6.54 Å². The van der Waals surface area contributed by atoms with Gasteiger partial charge < -0.3 is 0 Å². The first-order valence-electron chi connectivity index (χ1n) is 4.77. The minimum absolute atomic E-state index is 0.932. The minimum atomic E-state index is 0.932. The summed E-state index contributed by atoms with van der Waals surface area (Å²) in [6, 6.07) is 0. The van der Waals surface area contributed by atoms with Crippen LogP contribution in [0.2, 0.25) is 0 Å². The molecule has 0 fully saturated rings. The van der Waals surface area contributed by atoms with E-state index in [-0.39, 0.29) is 0 Å². The largest absolute Gasteiger partial charge is 0.243 e. The molecule has 0 spiro atoms. The van der Waals surface area contributed by atoms with Crippen molar-refractivity contribution in [3.8, 4) is 0 Å². The third-order valence-corrected chi connectivity index (χ3v) is 2.26. The molecule has 70 valence electrons. The van der Waals surface area contributed by atoms with E-state index in [9.17, 15) is 0 Å². The standard InChI is InChI=1S/C10H19NS/c1-3-5-7-11-8-10-12-9-6-4-2/h10H,3-7,9H2,1-2H3. The third-order valence-electron chi connectivity index (χ3n) is 1.47. The summed E-state index contributed by atoms with van der Waals surface area (Å²) in [4.78, 5) is 4.13. The Labute approximate surface area is 80.4 Å². The summed E-state index contributed by atoms with van der Waals surface area (Å²) < 4.78 is 0. The fraction of sp³-hybridized carbons (Fsp3) is 0.800. The summed E-state index contributed by atoms with van der Waals surface area (Å²) in [6.45, 7) is 5.32. The van der Waals surface area contributed by atoms with Crippen molar-refractivity contribution in [2.75, 3.05) is 12.3 Å². The van der Waals surface area contributed by atoms with Crippen LogP contribution in [-0.4, -0.2) is 18.2 Å². The van der Waals surface area contributed by atoms with Crippen LogP contribution >= 0.6 is 11.8 Å². The minimum Gasteiger partial charge on any atom is -0.243 e. The topological polar surface area (TPSA) is 12.4 Å². The Morgan fingerprint density at radius 3 is 2.67 bits per heavy atom. The maximum Gasteiger partial charge on any atom is 0.0484 e. The van der Waals surface area contributed by atoms with Crippen LogP contribution in [0.4, 0.5) is 0 Å². The number of thioether (sulfide) groups is 1. The Morgan fingerprint density at radius 2 is 2.00 bits per heavy atom. The predicted octanol–water partition coefficient (Wildman–Crippen LogP) is 3.50. The Morgan fingerprint density at radius 1 is 1.25 bits per heavy atom. The van der Waals surface area contributed by atoms with Crippen molar-refractivity contribution in [3.05, 3.63) is 5.41 Å². The highest BCUT2D eigenvalue weighted by molar-refractivity contribution is 8.02. The zero-order valence-corrected chi connectivity index (χ0v) is 8.99. The Hall–Kier alpha value is -0.200. The lowest BCUT2D eigenvalue weighted by atomic mass is 10.3. The molecular weight excluding hydrogens is 166 g/mol. The SMILES string of the molecule is CCCCN=C=CSCCCC. The highest BCUT2D eigenvalue weighted by atomic mass is 32.2. The van der Waals surface area contributed by atoms with Crippen LogP contribution < -0.4 is 0 Å². The molecule has 0 saturated carbocycles. The average molecular weight is 185 g/mol. The molecule has 0 radical (unpaired) electrons. The van der Waals surface area contributed by atoms with Crippen LogP contribution in [0.25, 0.3) is 0 Å².